The Balaban J connectivity index is 2.22. The second-order valence-corrected chi connectivity index (χ2v) is 5.80. The molecule has 0 radical (unpaired) electrons. The number of nitrogens with zero attached hydrogens (tertiary/aromatic N) is 3. The van der Waals surface area contributed by atoms with Crippen molar-refractivity contribution in [2.75, 3.05) is 5.32 Å². The van der Waals surface area contributed by atoms with Crippen LogP contribution in [0.1, 0.15) is 31.7 Å². The van der Waals surface area contributed by atoms with E-state index >= 15 is 0 Å². The quantitative estimate of drug-likeness (QED) is 0.783. The highest BCUT2D eigenvalue weighted by Crippen LogP contribution is 2.29. The highest BCUT2D eigenvalue weighted by molar-refractivity contribution is 5.80. The first-order valence-electron chi connectivity index (χ1n) is 7.79. The van der Waals surface area contributed by atoms with E-state index in [-0.39, 0.29) is 0 Å². The number of anilines is 1. The van der Waals surface area contributed by atoms with Gasteiger partial charge in [-0.3, -0.25) is 0 Å². The maximum atomic E-state index is 4.73. The molecule has 0 aliphatic heterocycles. The molecule has 2 heterocycles. The summed E-state index contributed by atoms with van der Waals surface area (Å²) in [5.41, 5.74) is 5.17. The number of nitrogens with one attached hydrogen (secondary N) is 1. The predicted octanol–water partition coefficient (Wildman–Crippen LogP) is 4.22. The number of hydrogen-bond acceptors (Lipinski definition) is 3. The Hall–Kier alpha value is -2.36. The van der Waals surface area contributed by atoms with Crippen LogP contribution in [0, 0.1) is 13.8 Å². The van der Waals surface area contributed by atoms with Crippen LogP contribution in [0.2, 0.25) is 0 Å². The van der Waals surface area contributed by atoms with Gasteiger partial charge < -0.3 is 5.32 Å². The van der Waals surface area contributed by atoms with Crippen LogP contribution in [0.3, 0.4) is 0 Å². The molecule has 4 heteroatoms. The lowest BCUT2D eigenvalue weighted by molar-refractivity contribution is 0.747. The Morgan fingerprint density at radius 2 is 1.91 bits per heavy atom. The van der Waals surface area contributed by atoms with Crippen LogP contribution in [0.25, 0.3) is 16.8 Å². The summed E-state index contributed by atoms with van der Waals surface area (Å²) in [6.45, 7) is 8.42. The number of aromatic nitrogens is 3. The molecule has 0 unspecified atom stereocenters. The maximum absolute atomic E-state index is 4.73. The molecule has 4 nitrogen and oxygen atoms in total. The molecule has 1 N–H and O–H groups in total. The second-order valence-electron chi connectivity index (χ2n) is 5.80. The van der Waals surface area contributed by atoms with E-state index < -0.39 is 0 Å². The van der Waals surface area contributed by atoms with Gasteiger partial charge >= 0.3 is 0 Å². The van der Waals surface area contributed by atoms with E-state index in [9.17, 15) is 0 Å². The molecule has 0 spiro atoms. The molecule has 0 saturated heterocycles. The van der Waals surface area contributed by atoms with Gasteiger partial charge in [-0.25, -0.2) is 4.98 Å². The monoisotopic (exact) mass is 294 g/mol. The van der Waals surface area contributed by atoms with Crippen molar-refractivity contribution in [3.05, 3.63) is 47.8 Å². The van der Waals surface area contributed by atoms with Crippen LogP contribution in [0.4, 0.5) is 5.82 Å². The van der Waals surface area contributed by atoms with E-state index in [0.717, 1.165) is 40.4 Å². The molecular weight excluding hydrogens is 272 g/mol. The zero-order valence-electron chi connectivity index (χ0n) is 13.6. The second kappa shape index (κ2) is 5.79. The molecule has 2 aromatic heterocycles. The van der Waals surface area contributed by atoms with Crippen LogP contribution in [-0.4, -0.2) is 20.6 Å². The van der Waals surface area contributed by atoms with Gasteiger partial charge in [0.15, 0.2) is 5.65 Å². The smallest absolute Gasteiger partial charge is 0.165 e. The molecule has 0 aliphatic rings. The summed E-state index contributed by atoms with van der Waals surface area (Å²) in [6, 6.07) is 12.8. The number of rotatable bonds is 4. The lowest BCUT2D eigenvalue weighted by atomic mass is 10.1. The van der Waals surface area contributed by atoms with Crippen LogP contribution in [0.15, 0.2) is 36.4 Å². The zero-order valence-corrected chi connectivity index (χ0v) is 13.6. The summed E-state index contributed by atoms with van der Waals surface area (Å²) < 4.78 is 1.93. The molecule has 1 aromatic carbocycles. The van der Waals surface area contributed by atoms with Crippen LogP contribution in [0.5, 0.6) is 0 Å². The largest absolute Gasteiger partial charge is 0.367 e. The number of fused-ring (bicyclic) bond motifs is 1. The lowest BCUT2D eigenvalue weighted by Gasteiger charge is -2.14. The van der Waals surface area contributed by atoms with Crippen molar-refractivity contribution < 1.29 is 0 Å². The first-order valence-corrected chi connectivity index (χ1v) is 7.79. The van der Waals surface area contributed by atoms with E-state index in [4.69, 9.17) is 10.1 Å². The normalized spacial score (nSPS) is 12.5. The minimum Gasteiger partial charge on any atom is -0.367 e. The van der Waals surface area contributed by atoms with E-state index in [0.29, 0.717) is 6.04 Å². The van der Waals surface area contributed by atoms with Crippen molar-refractivity contribution in [2.24, 2.45) is 0 Å². The van der Waals surface area contributed by atoms with E-state index in [1.165, 1.54) is 0 Å². The molecule has 0 fully saturated rings. The summed E-state index contributed by atoms with van der Waals surface area (Å²) in [5.74, 6) is 1.00. The van der Waals surface area contributed by atoms with Crippen LogP contribution >= 0.6 is 0 Å². The topological polar surface area (TPSA) is 42.2 Å². The van der Waals surface area contributed by atoms with Crippen molar-refractivity contribution in [2.45, 2.75) is 40.2 Å². The number of hydrogen-bond donors (Lipinski definition) is 1. The molecule has 114 valence electrons. The standard InChI is InChI=1S/C18H22N4/c1-5-12(2)19-16-11-13(3)20-18-17(14(4)21-22(16)18)15-9-7-6-8-10-15/h6-12,19H,5H2,1-4H3/t12-/m0/s1. The predicted molar refractivity (Wildman–Crippen MR) is 91.3 cm³/mol. The van der Waals surface area contributed by atoms with Crippen molar-refractivity contribution in [3.63, 3.8) is 0 Å². The minimum absolute atomic E-state index is 0.398. The molecule has 1 atom stereocenters. The van der Waals surface area contributed by atoms with E-state index in [1.807, 2.05) is 36.6 Å². The fraction of sp³-hybridized carbons (Fsp3) is 0.333. The summed E-state index contributed by atoms with van der Waals surface area (Å²) in [7, 11) is 0. The third-order valence-corrected chi connectivity index (χ3v) is 3.96. The van der Waals surface area contributed by atoms with Gasteiger partial charge in [-0.1, -0.05) is 37.3 Å². The fourth-order valence-electron chi connectivity index (χ4n) is 2.64. The molecule has 3 rings (SSSR count). The zero-order chi connectivity index (χ0) is 15.7. The Morgan fingerprint density at radius 1 is 1.18 bits per heavy atom. The van der Waals surface area contributed by atoms with Gasteiger partial charge in [0, 0.05) is 23.4 Å². The summed E-state index contributed by atoms with van der Waals surface area (Å²) in [5, 5.41) is 8.24. The molecule has 0 amide bonds. The van der Waals surface area contributed by atoms with Crippen LogP contribution < -0.4 is 5.32 Å². The van der Waals surface area contributed by atoms with Gasteiger partial charge in [-0.05, 0) is 32.8 Å². The average Bonchev–Trinajstić information content (AvgIpc) is 2.84. The Morgan fingerprint density at radius 3 is 2.59 bits per heavy atom. The SMILES string of the molecule is CC[C@H](C)Nc1cc(C)nc2c(-c3ccccc3)c(C)nn12. The minimum atomic E-state index is 0.398. The van der Waals surface area contributed by atoms with Gasteiger partial charge in [0.2, 0.25) is 0 Å². The van der Waals surface area contributed by atoms with Crippen molar-refractivity contribution in [1.82, 2.24) is 14.6 Å². The Bertz CT molecular complexity index is 790. The molecular formula is C18H22N4. The summed E-state index contributed by atoms with van der Waals surface area (Å²) in [6.07, 6.45) is 1.06. The Kier molecular flexibility index (Phi) is 3.84. The molecule has 22 heavy (non-hydrogen) atoms. The summed E-state index contributed by atoms with van der Waals surface area (Å²) in [4.78, 5) is 4.73. The molecule has 3 aromatic rings. The van der Waals surface area contributed by atoms with Gasteiger partial charge in [-0.15, -0.1) is 0 Å². The maximum Gasteiger partial charge on any atom is 0.165 e. The van der Waals surface area contributed by atoms with Crippen molar-refractivity contribution in [3.8, 4) is 11.1 Å². The average molecular weight is 294 g/mol. The highest BCUT2D eigenvalue weighted by atomic mass is 15.3. The molecule has 0 bridgehead atoms. The Labute approximate surface area is 131 Å². The lowest BCUT2D eigenvalue weighted by Crippen LogP contribution is -2.16. The number of aryl methyl sites for hydroxylation is 2. The van der Waals surface area contributed by atoms with E-state index in [1.54, 1.807) is 0 Å². The molecule has 0 saturated carbocycles. The third-order valence-electron chi connectivity index (χ3n) is 3.96. The van der Waals surface area contributed by atoms with E-state index in [2.05, 4.69) is 37.4 Å². The van der Waals surface area contributed by atoms with Crippen molar-refractivity contribution >= 4 is 11.5 Å². The van der Waals surface area contributed by atoms with Gasteiger partial charge in [0.25, 0.3) is 0 Å². The first kappa shape index (κ1) is 14.6. The highest BCUT2D eigenvalue weighted by Gasteiger charge is 2.16. The number of benzene rings is 1. The van der Waals surface area contributed by atoms with Gasteiger partial charge in [-0.2, -0.15) is 9.61 Å². The molecule has 0 aliphatic carbocycles. The van der Waals surface area contributed by atoms with Crippen LogP contribution in [-0.2, 0) is 0 Å². The van der Waals surface area contributed by atoms with Gasteiger partial charge in [0.05, 0.1) is 5.69 Å². The third kappa shape index (κ3) is 2.56. The van der Waals surface area contributed by atoms with Crippen molar-refractivity contribution in [1.29, 1.82) is 0 Å². The fourth-order valence-corrected chi connectivity index (χ4v) is 2.64. The summed E-state index contributed by atoms with van der Waals surface area (Å²) >= 11 is 0. The van der Waals surface area contributed by atoms with Gasteiger partial charge in [0.1, 0.15) is 5.82 Å². The first-order chi connectivity index (χ1) is 10.6.